The summed E-state index contributed by atoms with van der Waals surface area (Å²) in [6.45, 7) is 0.0839. The summed E-state index contributed by atoms with van der Waals surface area (Å²) in [5.41, 5.74) is 6.70. The van der Waals surface area contributed by atoms with Crippen LogP contribution in [0, 0.1) is 0 Å². The maximum absolute atomic E-state index is 12.7. The number of hydrogen-bond donors (Lipinski definition) is 4. The fraction of sp³-hybridized carbons (Fsp3) is 0.100. The van der Waals surface area contributed by atoms with Crippen LogP contribution in [-0.4, -0.2) is 46.4 Å². The molecule has 2 aromatic heterocycles. The van der Waals surface area contributed by atoms with Crippen molar-refractivity contribution < 1.29 is 22.2 Å². The molecule has 170 valence electrons. The van der Waals surface area contributed by atoms with Crippen molar-refractivity contribution in [1.82, 2.24) is 24.8 Å². The summed E-state index contributed by atoms with van der Waals surface area (Å²) in [5, 5.41) is 4.94. The van der Waals surface area contributed by atoms with Gasteiger partial charge in [0.05, 0.1) is 17.4 Å². The Morgan fingerprint density at radius 3 is 2.64 bits per heavy atom. The Labute approximate surface area is 187 Å². The zero-order valence-electron chi connectivity index (χ0n) is 17.1. The number of anilines is 1. The Hall–Kier alpha value is -4.39. The third kappa shape index (κ3) is 5.27. The number of rotatable bonds is 8. The number of hydrogen-bond acceptors (Lipinski definition) is 7. The molecule has 0 saturated heterocycles. The number of nitrogens with two attached hydrogens (primary N) is 1. The molecule has 0 aliphatic heterocycles. The molecule has 0 atom stereocenters. The molecule has 0 spiro atoms. The largest absolute Gasteiger partial charge is 0.379 e. The van der Waals surface area contributed by atoms with Gasteiger partial charge in [0.1, 0.15) is 10.6 Å². The van der Waals surface area contributed by atoms with Gasteiger partial charge in [0, 0.05) is 37.1 Å². The zero-order chi connectivity index (χ0) is 23.4. The minimum Gasteiger partial charge on any atom is -0.379 e. The Bertz CT molecular complexity index is 1400. The molecule has 0 unspecified atom stereocenters. The maximum Gasteiger partial charge on any atom is 0.339 e. The number of aromatic amines is 1. The molecule has 5 N–H and O–H groups in total. The third-order valence-electron chi connectivity index (χ3n) is 4.48. The average molecular weight is 469 g/mol. The van der Waals surface area contributed by atoms with E-state index in [0.717, 1.165) is 5.69 Å². The first-order valence-electron chi connectivity index (χ1n) is 9.66. The van der Waals surface area contributed by atoms with E-state index in [1.807, 2.05) is 0 Å². The molecule has 0 fully saturated rings. The van der Waals surface area contributed by atoms with E-state index in [2.05, 4.69) is 25.6 Å². The average Bonchev–Trinajstić information content (AvgIpc) is 3.43. The van der Waals surface area contributed by atoms with E-state index in [9.17, 15) is 18.0 Å². The SMILES string of the molecule is NC(=O)CCNC(=O)Nc1nc2ccc(OS(=O)(=O)c3ccc(-n4ccnc4)cc3)cc2[nH]1. The number of H-pyrrole nitrogens is 1. The van der Waals surface area contributed by atoms with Crippen LogP contribution in [0.25, 0.3) is 16.7 Å². The van der Waals surface area contributed by atoms with Gasteiger partial charge in [-0.05, 0) is 36.4 Å². The Kier molecular flexibility index (Phi) is 5.95. The summed E-state index contributed by atoms with van der Waals surface area (Å²) in [5.74, 6) is -0.324. The summed E-state index contributed by atoms with van der Waals surface area (Å²) >= 11 is 0. The summed E-state index contributed by atoms with van der Waals surface area (Å²) in [6, 6.07) is 10.1. The molecule has 12 nitrogen and oxygen atoms in total. The van der Waals surface area contributed by atoms with Gasteiger partial charge in [-0.15, -0.1) is 0 Å². The number of nitrogens with one attached hydrogen (secondary N) is 3. The number of carbonyl (C=O) groups excluding carboxylic acids is 2. The molecule has 2 aromatic carbocycles. The van der Waals surface area contributed by atoms with Gasteiger partial charge in [-0.3, -0.25) is 10.1 Å². The molecule has 2 heterocycles. The minimum absolute atomic E-state index is 0.00828. The Morgan fingerprint density at radius 1 is 1.15 bits per heavy atom. The highest BCUT2D eigenvalue weighted by atomic mass is 32.2. The first-order valence-corrected chi connectivity index (χ1v) is 11.1. The van der Waals surface area contributed by atoms with E-state index in [0.29, 0.717) is 11.0 Å². The highest BCUT2D eigenvalue weighted by Crippen LogP contribution is 2.24. The van der Waals surface area contributed by atoms with E-state index in [4.69, 9.17) is 9.92 Å². The van der Waals surface area contributed by atoms with Gasteiger partial charge in [-0.25, -0.2) is 14.8 Å². The second kappa shape index (κ2) is 9.00. The number of fused-ring (bicyclic) bond motifs is 1. The lowest BCUT2D eigenvalue weighted by Crippen LogP contribution is -2.32. The molecule has 0 saturated carbocycles. The number of nitrogens with zero attached hydrogens (tertiary/aromatic N) is 3. The van der Waals surface area contributed by atoms with E-state index < -0.39 is 22.1 Å². The molecule has 33 heavy (non-hydrogen) atoms. The highest BCUT2D eigenvalue weighted by molar-refractivity contribution is 7.87. The summed E-state index contributed by atoms with van der Waals surface area (Å²) in [7, 11) is -4.07. The molecule has 4 rings (SSSR count). The van der Waals surface area contributed by atoms with Crippen molar-refractivity contribution in [3.8, 4) is 11.4 Å². The van der Waals surface area contributed by atoms with Gasteiger partial charge in [-0.2, -0.15) is 8.42 Å². The van der Waals surface area contributed by atoms with Crippen molar-refractivity contribution in [2.45, 2.75) is 11.3 Å². The van der Waals surface area contributed by atoms with Gasteiger partial charge in [-0.1, -0.05) is 0 Å². The standard InChI is InChI=1S/C20H19N7O5S/c21-18(28)7-8-23-20(29)26-19-24-16-6-3-14(11-17(16)25-19)32-33(30,31)15-4-1-13(2-5-15)27-10-9-22-12-27/h1-6,9-12H,7-8H2,(H2,21,28)(H3,23,24,25,26,29). The fourth-order valence-corrected chi connectivity index (χ4v) is 3.84. The fourth-order valence-electron chi connectivity index (χ4n) is 2.92. The van der Waals surface area contributed by atoms with E-state index in [-0.39, 0.29) is 29.6 Å². The molecule has 0 bridgehead atoms. The molecule has 0 aliphatic rings. The van der Waals surface area contributed by atoms with Crippen molar-refractivity contribution in [3.63, 3.8) is 0 Å². The maximum atomic E-state index is 12.7. The van der Waals surface area contributed by atoms with Crippen LogP contribution in [0.1, 0.15) is 6.42 Å². The molecule has 13 heteroatoms. The summed E-state index contributed by atoms with van der Waals surface area (Å²) in [4.78, 5) is 33.6. The number of carbonyl (C=O) groups is 2. The van der Waals surface area contributed by atoms with Crippen molar-refractivity contribution in [2.24, 2.45) is 5.73 Å². The number of amides is 3. The molecular formula is C20H19N7O5S. The predicted molar refractivity (Wildman–Crippen MR) is 118 cm³/mol. The lowest BCUT2D eigenvalue weighted by Gasteiger charge is -2.08. The monoisotopic (exact) mass is 469 g/mol. The van der Waals surface area contributed by atoms with Crippen LogP contribution >= 0.6 is 0 Å². The lowest BCUT2D eigenvalue weighted by molar-refractivity contribution is -0.117. The van der Waals surface area contributed by atoms with Gasteiger partial charge in [0.25, 0.3) is 0 Å². The topological polar surface area (TPSA) is 174 Å². The third-order valence-corrected chi connectivity index (χ3v) is 5.74. The van der Waals surface area contributed by atoms with E-state index >= 15 is 0 Å². The number of aromatic nitrogens is 4. The smallest absolute Gasteiger partial charge is 0.339 e. The molecule has 0 radical (unpaired) electrons. The predicted octanol–water partition coefficient (Wildman–Crippen LogP) is 1.51. The number of primary amides is 1. The summed E-state index contributed by atoms with van der Waals surface area (Å²) < 4.78 is 32.3. The summed E-state index contributed by atoms with van der Waals surface area (Å²) in [6.07, 6.45) is 4.98. The van der Waals surface area contributed by atoms with E-state index in [1.165, 1.54) is 24.3 Å². The second-order valence-electron chi connectivity index (χ2n) is 6.86. The van der Waals surface area contributed by atoms with Crippen molar-refractivity contribution >= 4 is 39.0 Å². The highest BCUT2D eigenvalue weighted by Gasteiger charge is 2.18. The van der Waals surface area contributed by atoms with Crippen molar-refractivity contribution in [1.29, 1.82) is 0 Å². The lowest BCUT2D eigenvalue weighted by atomic mass is 10.3. The van der Waals surface area contributed by atoms with Gasteiger partial charge in [0.15, 0.2) is 0 Å². The van der Waals surface area contributed by atoms with Crippen LogP contribution in [0.3, 0.4) is 0 Å². The van der Waals surface area contributed by atoms with Crippen LogP contribution in [0.5, 0.6) is 5.75 Å². The van der Waals surface area contributed by atoms with Gasteiger partial charge >= 0.3 is 16.1 Å². The number of imidazole rings is 2. The minimum atomic E-state index is -4.07. The number of benzene rings is 2. The van der Waals surface area contributed by atoms with Crippen LogP contribution < -0.4 is 20.6 Å². The van der Waals surface area contributed by atoms with Gasteiger partial charge < -0.3 is 24.8 Å². The van der Waals surface area contributed by atoms with Gasteiger partial charge in [0.2, 0.25) is 11.9 Å². The molecule has 3 amide bonds. The number of urea groups is 1. The molecule has 4 aromatic rings. The van der Waals surface area contributed by atoms with Crippen molar-refractivity contribution in [2.75, 3.05) is 11.9 Å². The molecule has 0 aliphatic carbocycles. The quantitative estimate of drug-likeness (QED) is 0.283. The first-order chi connectivity index (χ1) is 15.8. The van der Waals surface area contributed by atoms with Crippen LogP contribution in [-0.2, 0) is 14.9 Å². The zero-order valence-corrected chi connectivity index (χ0v) is 17.9. The van der Waals surface area contributed by atoms with E-state index in [1.54, 1.807) is 41.5 Å². The first kappa shape index (κ1) is 21.8. The normalized spacial score (nSPS) is 11.3. The Morgan fingerprint density at radius 2 is 1.94 bits per heavy atom. The van der Waals surface area contributed by atoms with Crippen molar-refractivity contribution in [3.05, 3.63) is 61.2 Å². The van der Waals surface area contributed by atoms with Crippen LogP contribution in [0.15, 0.2) is 66.1 Å². The van der Waals surface area contributed by atoms with Crippen LogP contribution in [0.4, 0.5) is 10.7 Å². The second-order valence-corrected chi connectivity index (χ2v) is 8.41. The van der Waals surface area contributed by atoms with Crippen LogP contribution in [0.2, 0.25) is 0 Å². The molecular weight excluding hydrogens is 450 g/mol. The Balaban J connectivity index is 1.45.